The molecular weight excluding hydrogens is 507 g/mol. The van der Waals surface area contributed by atoms with E-state index in [0.717, 1.165) is 11.1 Å². The Balaban J connectivity index is 1.79. The van der Waals surface area contributed by atoms with Crippen molar-refractivity contribution in [3.63, 3.8) is 0 Å². The molecule has 0 aromatic heterocycles. The molecule has 2 N–H and O–H groups in total. The van der Waals surface area contributed by atoms with Gasteiger partial charge in [0.2, 0.25) is 5.91 Å². The highest BCUT2D eigenvalue weighted by molar-refractivity contribution is 7.67. The van der Waals surface area contributed by atoms with Gasteiger partial charge in [-0.25, -0.2) is 9.59 Å². The molecule has 0 saturated heterocycles. The molecule has 3 rings (SSSR count). The van der Waals surface area contributed by atoms with E-state index in [1.165, 1.54) is 0 Å². The molecule has 3 aromatic rings. The lowest BCUT2D eigenvalue weighted by Gasteiger charge is -2.29. The summed E-state index contributed by atoms with van der Waals surface area (Å²) in [4.78, 5) is 37.1. The summed E-state index contributed by atoms with van der Waals surface area (Å²) < 4.78 is 30.3. The lowest BCUT2D eigenvalue weighted by atomic mass is 10.1. The molecule has 0 bridgehead atoms. The van der Waals surface area contributed by atoms with Crippen LogP contribution < -0.4 is 15.9 Å². The van der Waals surface area contributed by atoms with Crippen molar-refractivity contribution in [2.24, 2.45) is 0 Å². The number of alkyl carbamates (subject to hydrolysis) is 1. The standard InChI is InChI=1S/C28H31N2O7P/c1-3-35-26(32)20-37-38(34,24-12-8-5-9-13-24)27(23-16-14-21(2)15-17-23)30-25(31)18-29-28(33)36-19-22-10-6-4-7-11-22/h4-17,27H,3,18-20H2,1-2H3,(H,29,33)(H,30,31). The zero-order chi connectivity index (χ0) is 27.4. The Morgan fingerprint density at radius 2 is 1.50 bits per heavy atom. The largest absolute Gasteiger partial charge is 0.464 e. The van der Waals surface area contributed by atoms with Crippen molar-refractivity contribution in [3.8, 4) is 0 Å². The van der Waals surface area contributed by atoms with E-state index in [1.807, 2.05) is 49.4 Å². The fraction of sp³-hybridized carbons (Fsp3) is 0.250. The van der Waals surface area contributed by atoms with Crippen LogP contribution in [0.2, 0.25) is 0 Å². The van der Waals surface area contributed by atoms with E-state index < -0.39 is 44.3 Å². The highest BCUT2D eigenvalue weighted by atomic mass is 31.2. The van der Waals surface area contributed by atoms with Crippen molar-refractivity contribution in [3.05, 3.63) is 102 Å². The third kappa shape index (κ3) is 8.30. The lowest BCUT2D eigenvalue weighted by molar-refractivity contribution is -0.145. The van der Waals surface area contributed by atoms with Crippen LogP contribution in [0, 0.1) is 6.92 Å². The van der Waals surface area contributed by atoms with E-state index >= 15 is 0 Å². The average molecular weight is 539 g/mol. The molecule has 9 nitrogen and oxygen atoms in total. The summed E-state index contributed by atoms with van der Waals surface area (Å²) in [6.07, 6.45) is -0.777. The predicted molar refractivity (Wildman–Crippen MR) is 143 cm³/mol. The van der Waals surface area contributed by atoms with E-state index in [-0.39, 0.29) is 13.2 Å². The summed E-state index contributed by atoms with van der Waals surface area (Å²) in [5.74, 6) is -2.45. The van der Waals surface area contributed by atoms with Gasteiger partial charge in [-0.05, 0) is 37.1 Å². The summed E-state index contributed by atoms with van der Waals surface area (Å²) >= 11 is 0. The van der Waals surface area contributed by atoms with Crippen LogP contribution >= 0.6 is 7.37 Å². The Bertz CT molecular complexity index is 1250. The molecular formula is C28H31N2O7P. The maximum atomic E-state index is 14.5. The van der Waals surface area contributed by atoms with Gasteiger partial charge in [-0.2, -0.15) is 0 Å². The lowest BCUT2D eigenvalue weighted by Crippen LogP contribution is -2.40. The molecule has 3 aromatic carbocycles. The van der Waals surface area contributed by atoms with E-state index in [1.54, 1.807) is 49.4 Å². The maximum Gasteiger partial charge on any atom is 0.407 e. The number of esters is 1. The number of hydrogen-bond donors (Lipinski definition) is 2. The van der Waals surface area contributed by atoms with Gasteiger partial charge < -0.3 is 24.6 Å². The van der Waals surface area contributed by atoms with Gasteiger partial charge in [0.25, 0.3) is 7.37 Å². The summed E-state index contributed by atoms with van der Waals surface area (Å²) in [5.41, 5.74) is 2.27. The normalized spacial score (nSPS) is 13.0. The minimum absolute atomic E-state index is 0.0468. The second-order valence-corrected chi connectivity index (χ2v) is 10.8. The molecule has 0 heterocycles. The summed E-state index contributed by atoms with van der Waals surface area (Å²) in [7, 11) is -3.93. The smallest absolute Gasteiger partial charge is 0.407 e. The van der Waals surface area contributed by atoms with Crippen LogP contribution in [0.15, 0.2) is 84.9 Å². The second-order valence-electron chi connectivity index (χ2n) is 8.31. The van der Waals surface area contributed by atoms with Crippen molar-refractivity contribution < 1.29 is 32.9 Å². The van der Waals surface area contributed by atoms with Crippen LogP contribution in [0.1, 0.15) is 29.4 Å². The molecule has 0 spiro atoms. The first-order chi connectivity index (χ1) is 18.3. The Kier molecular flexibility index (Phi) is 10.6. The number of aryl methyl sites for hydroxylation is 1. The molecule has 0 aliphatic rings. The Labute approximate surface area is 221 Å². The monoisotopic (exact) mass is 538 g/mol. The summed E-state index contributed by atoms with van der Waals surface area (Å²) in [6.45, 7) is 2.75. The number of benzene rings is 3. The summed E-state index contributed by atoms with van der Waals surface area (Å²) in [6, 6.07) is 24.5. The number of hydrogen-bond acceptors (Lipinski definition) is 7. The van der Waals surface area contributed by atoms with Gasteiger partial charge in [-0.3, -0.25) is 9.36 Å². The minimum atomic E-state index is -3.93. The zero-order valence-corrected chi connectivity index (χ0v) is 22.2. The van der Waals surface area contributed by atoms with Gasteiger partial charge in [-0.15, -0.1) is 0 Å². The predicted octanol–water partition coefficient (Wildman–Crippen LogP) is 4.22. The second kappa shape index (κ2) is 14.1. The maximum absolute atomic E-state index is 14.5. The molecule has 200 valence electrons. The van der Waals surface area contributed by atoms with E-state index in [0.29, 0.717) is 10.9 Å². The molecule has 2 unspecified atom stereocenters. The van der Waals surface area contributed by atoms with E-state index in [9.17, 15) is 18.9 Å². The third-order valence-corrected chi connectivity index (χ3v) is 8.07. The first-order valence-corrected chi connectivity index (χ1v) is 13.8. The molecule has 0 radical (unpaired) electrons. The Morgan fingerprint density at radius 1 is 0.868 bits per heavy atom. The fourth-order valence-electron chi connectivity index (χ4n) is 3.53. The molecule has 0 aliphatic carbocycles. The number of carbonyl (C=O) groups is 3. The van der Waals surface area contributed by atoms with Crippen molar-refractivity contribution >= 4 is 30.6 Å². The van der Waals surface area contributed by atoms with Crippen molar-refractivity contribution in [2.45, 2.75) is 26.2 Å². The third-order valence-electron chi connectivity index (χ3n) is 5.43. The first kappa shape index (κ1) is 28.6. The van der Waals surface area contributed by atoms with Gasteiger partial charge in [-0.1, -0.05) is 78.4 Å². The molecule has 2 amide bonds. The minimum Gasteiger partial charge on any atom is -0.464 e. The SMILES string of the molecule is CCOC(=O)COP(=O)(c1ccccc1)C(NC(=O)CNC(=O)OCc1ccccc1)c1ccc(C)cc1. The van der Waals surface area contributed by atoms with Gasteiger partial charge in [0, 0.05) is 5.30 Å². The average Bonchev–Trinajstić information content (AvgIpc) is 2.94. The van der Waals surface area contributed by atoms with Crippen LogP contribution in [0.3, 0.4) is 0 Å². The van der Waals surface area contributed by atoms with Crippen LogP contribution in [0.5, 0.6) is 0 Å². The highest BCUT2D eigenvalue weighted by Crippen LogP contribution is 2.57. The van der Waals surface area contributed by atoms with Gasteiger partial charge in [0.15, 0.2) is 6.61 Å². The molecule has 2 atom stereocenters. The van der Waals surface area contributed by atoms with Gasteiger partial charge in [0.1, 0.15) is 18.9 Å². The number of amides is 2. The number of ether oxygens (including phenoxy) is 2. The molecule has 10 heteroatoms. The van der Waals surface area contributed by atoms with Crippen LogP contribution in [-0.2, 0) is 34.8 Å². The summed E-state index contributed by atoms with van der Waals surface area (Å²) in [5, 5.41) is 5.44. The van der Waals surface area contributed by atoms with E-state index in [2.05, 4.69) is 10.6 Å². The molecule has 38 heavy (non-hydrogen) atoms. The number of rotatable bonds is 12. The van der Waals surface area contributed by atoms with Crippen molar-refractivity contribution in [2.75, 3.05) is 19.8 Å². The van der Waals surface area contributed by atoms with Crippen molar-refractivity contribution in [1.29, 1.82) is 0 Å². The van der Waals surface area contributed by atoms with Crippen LogP contribution in [0.25, 0.3) is 0 Å². The Morgan fingerprint density at radius 3 is 2.13 bits per heavy atom. The van der Waals surface area contributed by atoms with Crippen LogP contribution in [-0.4, -0.2) is 37.7 Å². The number of carbonyl (C=O) groups excluding carboxylic acids is 3. The van der Waals surface area contributed by atoms with Gasteiger partial charge >= 0.3 is 12.1 Å². The molecule has 0 aliphatic heterocycles. The van der Waals surface area contributed by atoms with E-state index in [4.69, 9.17) is 14.0 Å². The molecule has 0 fully saturated rings. The molecule has 0 saturated carbocycles. The Hall–Kier alpha value is -3.94. The van der Waals surface area contributed by atoms with Crippen LogP contribution in [0.4, 0.5) is 4.79 Å². The topological polar surface area (TPSA) is 120 Å². The van der Waals surface area contributed by atoms with Gasteiger partial charge in [0.05, 0.1) is 6.61 Å². The fourth-order valence-corrected chi connectivity index (χ4v) is 5.89. The first-order valence-electron chi connectivity index (χ1n) is 12.1. The number of nitrogens with one attached hydrogen (secondary N) is 2. The van der Waals surface area contributed by atoms with Crippen molar-refractivity contribution in [1.82, 2.24) is 10.6 Å². The zero-order valence-electron chi connectivity index (χ0n) is 21.3. The highest BCUT2D eigenvalue weighted by Gasteiger charge is 2.39. The quantitative estimate of drug-likeness (QED) is 0.262.